The molecule has 2 rings (SSSR count). The van der Waals surface area contributed by atoms with Crippen molar-refractivity contribution in [2.45, 2.75) is 13.1 Å². The number of nitro groups is 1. The highest BCUT2D eigenvalue weighted by Crippen LogP contribution is 2.24. The first kappa shape index (κ1) is 15.3. The molecule has 0 saturated carbocycles. The van der Waals surface area contributed by atoms with Gasteiger partial charge in [0.25, 0.3) is 5.69 Å². The number of ether oxygens (including phenoxy) is 1. The van der Waals surface area contributed by atoms with Gasteiger partial charge in [0, 0.05) is 25.2 Å². The number of benzene rings is 2. The average molecular weight is 307 g/mol. The highest BCUT2D eigenvalue weighted by atomic mass is 35.5. The van der Waals surface area contributed by atoms with Crippen molar-refractivity contribution in [1.82, 2.24) is 5.32 Å². The summed E-state index contributed by atoms with van der Waals surface area (Å²) in [6, 6.07) is 12.1. The van der Waals surface area contributed by atoms with Gasteiger partial charge in [0.2, 0.25) is 0 Å². The van der Waals surface area contributed by atoms with E-state index in [1.165, 1.54) is 12.1 Å². The topological polar surface area (TPSA) is 64.4 Å². The summed E-state index contributed by atoms with van der Waals surface area (Å²) >= 11 is 6.06. The molecule has 0 aliphatic rings. The van der Waals surface area contributed by atoms with E-state index in [-0.39, 0.29) is 5.69 Å². The molecule has 0 aliphatic carbocycles. The van der Waals surface area contributed by atoms with Gasteiger partial charge in [-0.05, 0) is 23.3 Å². The number of methoxy groups -OCH3 is 1. The van der Waals surface area contributed by atoms with Crippen molar-refractivity contribution < 1.29 is 9.66 Å². The summed E-state index contributed by atoms with van der Waals surface area (Å²) in [5, 5.41) is 14.4. The second-order valence-electron chi connectivity index (χ2n) is 4.50. The largest absolute Gasteiger partial charge is 0.495 e. The van der Waals surface area contributed by atoms with Crippen LogP contribution >= 0.6 is 11.6 Å². The van der Waals surface area contributed by atoms with Crippen LogP contribution < -0.4 is 10.1 Å². The van der Waals surface area contributed by atoms with E-state index < -0.39 is 4.92 Å². The average Bonchev–Trinajstić information content (AvgIpc) is 2.48. The molecule has 0 bridgehead atoms. The molecule has 110 valence electrons. The SMILES string of the molecule is COc1ccc(CNCc2ccc([N+](=O)[O-])cc2)cc1Cl. The highest BCUT2D eigenvalue weighted by Gasteiger charge is 2.04. The van der Waals surface area contributed by atoms with Crippen LogP contribution in [0.2, 0.25) is 5.02 Å². The standard InChI is InChI=1S/C15H15ClN2O3/c1-21-15-7-4-12(8-14(15)16)10-17-9-11-2-5-13(6-3-11)18(19)20/h2-8,17H,9-10H2,1H3. The van der Waals surface area contributed by atoms with Crippen molar-refractivity contribution in [2.75, 3.05) is 7.11 Å². The zero-order valence-electron chi connectivity index (χ0n) is 11.5. The molecule has 1 N–H and O–H groups in total. The fraction of sp³-hybridized carbons (Fsp3) is 0.200. The lowest BCUT2D eigenvalue weighted by molar-refractivity contribution is -0.384. The quantitative estimate of drug-likeness (QED) is 0.655. The first-order valence-corrected chi connectivity index (χ1v) is 6.74. The molecule has 0 heterocycles. The van der Waals surface area contributed by atoms with Gasteiger partial charge in [-0.1, -0.05) is 29.8 Å². The lowest BCUT2D eigenvalue weighted by atomic mass is 10.2. The predicted molar refractivity (Wildman–Crippen MR) is 81.6 cm³/mol. The zero-order valence-corrected chi connectivity index (χ0v) is 12.3. The Hall–Kier alpha value is -2.11. The molecule has 5 nitrogen and oxygen atoms in total. The summed E-state index contributed by atoms with van der Waals surface area (Å²) in [5.41, 5.74) is 2.13. The number of halogens is 1. The molecule has 6 heteroatoms. The minimum Gasteiger partial charge on any atom is -0.495 e. The Morgan fingerprint density at radius 3 is 2.33 bits per heavy atom. The molecular formula is C15H15ClN2O3. The number of nitro benzene ring substituents is 1. The summed E-state index contributed by atoms with van der Waals surface area (Å²) in [6.45, 7) is 1.28. The van der Waals surface area contributed by atoms with Gasteiger partial charge in [0.15, 0.2) is 0 Å². The fourth-order valence-corrected chi connectivity index (χ4v) is 2.19. The normalized spacial score (nSPS) is 10.4. The van der Waals surface area contributed by atoms with Crippen LogP contribution in [-0.2, 0) is 13.1 Å². The minimum atomic E-state index is -0.406. The Bertz CT molecular complexity index is 629. The third-order valence-electron chi connectivity index (χ3n) is 3.02. The number of non-ortho nitro benzene ring substituents is 1. The van der Waals surface area contributed by atoms with Crippen LogP contribution in [0.25, 0.3) is 0 Å². The number of nitrogens with one attached hydrogen (secondary N) is 1. The Morgan fingerprint density at radius 1 is 1.14 bits per heavy atom. The smallest absolute Gasteiger partial charge is 0.269 e. The number of hydrogen-bond acceptors (Lipinski definition) is 4. The lowest BCUT2D eigenvalue weighted by Crippen LogP contribution is -2.12. The van der Waals surface area contributed by atoms with E-state index in [2.05, 4.69) is 5.32 Å². The van der Waals surface area contributed by atoms with Crippen molar-refractivity contribution in [1.29, 1.82) is 0 Å². The van der Waals surface area contributed by atoms with Gasteiger partial charge in [0.1, 0.15) is 5.75 Å². The van der Waals surface area contributed by atoms with Crippen LogP contribution in [0.15, 0.2) is 42.5 Å². The second-order valence-corrected chi connectivity index (χ2v) is 4.90. The molecule has 0 fully saturated rings. The predicted octanol–water partition coefficient (Wildman–Crippen LogP) is 3.55. The maximum atomic E-state index is 10.6. The van der Waals surface area contributed by atoms with Crippen molar-refractivity contribution in [2.24, 2.45) is 0 Å². The first-order chi connectivity index (χ1) is 10.1. The Morgan fingerprint density at radius 2 is 1.76 bits per heavy atom. The van der Waals surface area contributed by atoms with Crippen LogP contribution in [0.1, 0.15) is 11.1 Å². The molecule has 0 aromatic heterocycles. The molecule has 0 unspecified atom stereocenters. The Kier molecular flexibility index (Phi) is 5.14. The molecule has 21 heavy (non-hydrogen) atoms. The molecule has 0 spiro atoms. The van der Waals surface area contributed by atoms with Crippen LogP contribution in [-0.4, -0.2) is 12.0 Å². The van der Waals surface area contributed by atoms with Gasteiger partial charge in [-0.2, -0.15) is 0 Å². The number of rotatable bonds is 6. The molecule has 2 aromatic rings. The second kappa shape index (κ2) is 7.06. The summed E-state index contributed by atoms with van der Waals surface area (Å²) in [4.78, 5) is 10.2. The minimum absolute atomic E-state index is 0.0979. The first-order valence-electron chi connectivity index (χ1n) is 6.36. The van der Waals surface area contributed by atoms with E-state index >= 15 is 0 Å². The van der Waals surface area contributed by atoms with Crippen LogP contribution in [0.3, 0.4) is 0 Å². The Labute approximate surface area is 127 Å². The van der Waals surface area contributed by atoms with Gasteiger partial charge >= 0.3 is 0 Å². The van der Waals surface area contributed by atoms with E-state index in [9.17, 15) is 10.1 Å². The molecule has 2 aromatic carbocycles. The van der Waals surface area contributed by atoms with Crippen molar-refractivity contribution in [3.63, 3.8) is 0 Å². The highest BCUT2D eigenvalue weighted by molar-refractivity contribution is 6.32. The number of hydrogen-bond donors (Lipinski definition) is 1. The van der Waals surface area contributed by atoms with E-state index in [0.29, 0.717) is 23.9 Å². The van der Waals surface area contributed by atoms with Gasteiger partial charge in [-0.25, -0.2) is 0 Å². The molecule has 0 saturated heterocycles. The molecule has 0 atom stereocenters. The Balaban J connectivity index is 1.89. The third-order valence-corrected chi connectivity index (χ3v) is 3.32. The zero-order chi connectivity index (χ0) is 15.2. The molecular weight excluding hydrogens is 292 g/mol. The summed E-state index contributed by atoms with van der Waals surface area (Å²) < 4.78 is 5.10. The number of nitrogens with zero attached hydrogens (tertiary/aromatic N) is 1. The molecule has 0 radical (unpaired) electrons. The maximum absolute atomic E-state index is 10.6. The van der Waals surface area contributed by atoms with E-state index in [1.54, 1.807) is 19.2 Å². The fourth-order valence-electron chi connectivity index (χ4n) is 1.91. The van der Waals surface area contributed by atoms with E-state index in [0.717, 1.165) is 11.1 Å². The van der Waals surface area contributed by atoms with E-state index in [4.69, 9.17) is 16.3 Å². The van der Waals surface area contributed by atoms with E-state index in [1.807, 2.05) is 18.2 Å². The summed E-state index contributed by atoms with van der Waals surface area (Å²) in [7, 11) is 1.58. The van der Waals surface area contributed by atoms with Gasteiger partial charge in [-0.15, -0.1) is 0 Å². The summed E-state index contributed by atoms with van der Waals surface area (Å²) in [6.07, 6.45) is 0. The lowest BCUT2D eigenvalue weighted by Gasteiger charge is -2.08. The van der Waals surface area contributed by atoms with Crippen molar-refractivity contribution >= 4 is 17.3 Å². The summed E-state index contributed by atoms with van der Waals surface area (Å²) in [5.74, 6) is 0.649. The van der Waals surface area contributed by atoms with Crippen LogP contribution in [0.5, 0.6) is 5.75 Å². The molecule has 0 amide bonds. The molecule has 0 aliphatic heterocycles. The monoisotopic (exact) mass is 306 g/mol. The third kappa shape index (κ3) is 4.18. The van der Waals surface area contributed by atoms with Gasteiger partial charge < -0.3 is 10.1 Å². The van der Waals surface area contributed by atoms with Crippen LogP contribution in [0.4, 0.5) is 5.69 Å². The van der Waals surface area contributed by atoms with Gasteiger partial charge in [-0.3, -0.25) is 10.1 Å². The van der Waals surface area contributed by atoms with Crippen molar-refractivity contribution in [3.05, 3.63) is 68.7 Å². The van der Waals surface area contributed by atoms with Crippen LogP contribution in [0, 0.1) is 10.1 Å². The van der Waals surface area contributed by atoms with Crippen molar-refractivity contribution in [3.8, 4) is 5.75 Å². The maximum Gasteiger partial charge on any atom is 0.269 e. The van der Waals surface area contributed by atoms with Gasteiger partial charge in [0.05, 0.1) is 17.1 Å².